The van der Waals surface area contributed by atoms with Crippen LogP contribution in [0.15, 0.2) is 47.2 Å². The lowest BCUT2D eigenvalue weighted by atomic mass is 10.2. The highest BCUT2D eigenvalue weighted by Crippen LogP contribution is 2.18. The van der Waals surface area contributed by atoms with E-state index in [0.717, 1.165) is 28.3 Å². The average molecular weight is 310 g/mol. The molecule has 0 aliphatic carbocycles. The van der Waals surface area contributed by atoms with E-state index < -0.39 is 0 Å². The number of aryl methyl sites for hydroxylation is 2. The summed E-state index contributed by atoms with van der Waals surface area (Å²) in [6.45, 7) is 4.92. The third-order valence-electron chi connectivity index (χ3n) is 3.50. The van der Waals surface area contributed by atoms with Gasteiger partial charge in [-0.1, -0.05) is 17.3 Å². The maximum Gasteiger partial charge on any atom is 0.222 e. The lowest BCUT2D eigenvalue weighted by Crippen LogP contribution is -2.03. The van der Waals surface area contributed by atoms with Crippen molar-refractivity contribution in [2.75, 3.05) is 5.32 Å². The van der Waals surface area contributed by atoms with Crippen molar-refractivity contribution in [1.29, 1.82) is 0 Å². The number of hydrogen-bond donors (Lipinski definition) is 1. The maximum atomic E-state index is 5.78. The van der Waals surface area contributed by atoms with Crippen molar-refractivity contribution in [2.24, 2.45) is 0 Å². The fraction of sp³-hybridized carbons (Fsp3) is 0.235. The molecular weight excluding hydrogens is 292 g/mol. The second kappa shape index (κ2) is 6.91. The fourth-order valence-corrected chi connectivity index (χ4v) is 2.14. The van der Waals surface area contributed by atoms with Crippen LogP contribution in [-0.2, 0) is 13.2 Å². The van der Waals surface area contributed by atoms with E-state index >= 15 is 0 Å². The Bertz CT molecular complexity index is 735. The van der Waals surface area contributed by atoms with Gasteiger partial charge in [0.15, 0.2) is 0 Å². The molecule has 0 atom stereocenters. The molecule has 3 rings (SSSR count). The van der Waals surface area contributed by atoms with Crippen LogP contribution in [-0.4, -0.2) is 15.1 Å². The SMILES string of the molecule is Cc1noc(C)c1COc1ccc(CNc2ncccn2)cc1. The summed E-state index contributed by atoms with van der Waals surface area (Å²) in [4.78, 5) is 8.25. The van der Waals surface area contributed by atoms with Gasteiger partial charge in [-0.2, -0.15) is 0 Å². The molecule has 0 saturated carbocycles. The summed E-state index contributed by atoms with van der Waals surface area (Å²) in [5, 5.41) is 7.09. The van der Waals surface area contributed by atoms with Crippen molar-refractivity contribution in [2.45, 2.75) is 27.0 Å². The molecule has 6 heteroatoms. The second-order valence-electron chi connectivity index (χ2n) is 5.16. The zero-order valence-corrected chi connectivity index (χ0v) is 13.1. The third-order valence-corrected chi connectivity index (χ3v) is 3.50. The molecule has 2 aromatic heterocycles. The van der Waals surface area contributed by atoms with E-state index in [4.69, 9.17) is 9.26 Å². The Morgan fingerprint density at radius 3 is 2.48 bits per heavy atom. The first kappa shape index (κ1) is 15.0. The van der Waals surface area contributed by atoms with Crippen LogP contribution in [0.5, 0.6) is 5.75 Å². The highest BCUT2D eigenvalue weighted by Gasteiger charge is 2.09. The Hall–Kier alpha value is -2.89. The van der Waals surface area contributed by atoms with Crippen LogP contribution < -0.4 is 10.1 Å². The second-order valence-corrected chi connectivity index (χ2v) is 5.16. The van der Waals surface area contributed by atoms with Crippen molar-refractivity contribution in [3.8, 4) is 5.75 Å². The number of nitrogens with zero attached hydrogens (tertiary/aromatic N) is 3. The van der Waals surface area contributed by atoms with E-state index in [1.807, 2.05) is 38.1 Å². The standard InChI is InChI=1S/C17H18N4O2/c1-12-16(13(2)23-21-12)11-22-15-6-4-14(5-7-15)10-20-17-18-8-3-9-19-17/h3-9H,10-11H2,1-2H3,(H,18,19,20). The largest absolute Gasteiger partial charge is 0.489 e. The van der Waals surface area contributed by atoms with Crippen LogP contribution >= 0.6 is 0 Å². The number of rotatable bonds is 6. The minimum absolute atomic E-state index is 0.455. The van der Waals surface area contributed by atoms with Gasteiger partial charge in [-0.3, -0.25) is 0 Å². The van der Waals surface area contributed by atoms with Crippen LogP contribution in [0, 0.1) is 13.8 Å². The Kier molecular flexibility index (Phi) is 4.52. The van der Waals surface area contributed by atoms with Gasteiger partial charge in [0.05, 0.1) is 11.3 Å². The molecular formula is C17H18N4O2. The highest BCUT2D eigenvalue weighted by molar-refractivity contribution is 5.31. The molecule has 0 amide bonds. The topological polar surface area (TPSA) is 73.1 Å². The van der Waals surface area contributed by atoms with Crippen LogP contribution in [0.1, 0.15) is 22.6 Å². The smallest absolute Gasteiger partial charge is 0.222 e. The summed E-state index contributed by atoms with van der Waals surface area (Å²) in [6, 6.07) is 9.70. The molecule has 6 nitrogen and oxygen atoms in total. The molecule has 1 N–H and O–H groups in total. The summed E-state index contributed by atoms with van der Waals surface area (Å²) in [6.07, 6.45) is 3.42. The molecule has 0 radical (unpaired) electrons. The summed E-state index contributed by atoms with van der Waals surface area (Å²) >= 11 is 0. The van der Waals surface area contributed by atoms with Crippen molar-refractivity contribution < 1.29 is 9.26 Å². The number of aromatic nitrogens is 3. The van der Waals surface area contributed by atoms with E-state index in [9.17, 15) is 0 Å². The predicted molar refractivity (Wildman–Crippen MR) is 86.1 cm³/mol. The first-order chi connectivity index (χ1) is 11.2. The van der Waals surface area contributed by atoms with Crippen LogP contribution in [0.4, 0.5) is 5.95 Å². The Labute approximate surface area is 134 Å². The minimum Gasteiger partial charge on any atom is -0.489 e. The van der Waals surface area contributed by atoms with Gasteiger partial charge >= 0.3 is 0 Å². The van der Waals surface area contributed by atoms with Gasteiger partial charge in [0.25, 0.3) is 0 Å². The molecule has 0 fully saturated rings. The quantitative estimate of drug-likeness (QED) is 0.753. The van der Waals surface area contributed by atoms with Gasteiger partial charge in [-0.05, 0) is 37.6 Å². The van der Waals surface area contributed by atoms with Crippen LogP contribution in [0.2, 0.25) is 0 Å². The molecule has 0 aliphatic heterocycles. The molecule has 3 aromatic rings. The fourth-order valence-electron chi connectivity index (χ4n) is 2.14. The number of hydrogen-bond acceptors (Lipinski definition) is 6. The van der Waals surface area contributed by atoms with Crippen molar-refractivity contribution in [3.05, 3.63) is 65.3 Å². The summed E-state index contributed by atoms with van der Waals surface area (Å²) in [7, 11) is 0. The van der Waals surface area contributed by atoms with Gasteiger partial charge in [-0.25, -0.2) is 9.97 Å². The molecule has 0 unspecified atom stereocenters. The van der Waals surface area contributed by atoms with Crippen molar-refractivity contribution in [3.63, 3.8) is 0 Å². The van der Waals surface area contributed by atoms with E-state index in [1.165, 1.54) is 0 Å². The summed E-state index contributed by atoms with van der Waals surface area (Å²) in [5.41, 5.74) is 2.99. The average Bonchev–Trinajstić information content (AvgIpc) is 2.91. The third kappa shape index (κ3) is 3.85. The summed E-state index contributed by atoms with van der Waals surface area (Å²) in [5.74, 6) is 2.22. The van der Waals surface area contributed by atoms with E-state index in [1.54, 1.807) is 18.5 Å². The van der Waals surface area contributed by atoms with Gasteiger partial charge in [-0.15, -0.1) is 0 Å². The number of nitrogens with one attached hydrogen (secondary N) is 1. The predicted octanol–water partition coefficient (Wildman–Crippen LogP) is 3.27. The Balaban J connectivity index is 1.55. The van der Waals surface area contributed by atoms with Crippen molar-refractivity contribution >= 4 is 5.95 Å². The monoisotopic (exact) mass is 310 g/mol. The van der Waals surface area contributed by atoms with Crippen LogP contribution in [0.25, 0.3) is 0 Å². The minimum atomic E-state index is 0.455. The normalized spacial score (nSPS) is 10.5. The molecule has 1 aromatic carbocycles. The number of ether oxygens (including phenoxy) is 1. The number of benzene rings is 1. The maximum absolute atomic E-state index is 5.78. The molecule has 118 valence electrons. The Morgan fingerprint density at radius 2 is 1.83 bits per heavy atom. The lowest BCUT2D eigenvalue weighted by molar-refractivity contribution is 0.301. The zero-order valence-electron chi connectivity index (χ0n) is 13.1. The van der Waals surface area contributed by atoms with E-state index in [0.29, 0.717) is 19.1 Å². The van der Waals surface area contributed by atoms with E-state index in [2.05, 4.69) is 20.4 Å². The lowest BCUT2D eigenvalue weighted by Gasteiger charge is -2.08. The Morgan fingerprint density at radius 1 is 1.09 bits per heavy atom. The first-order valence-electron chi connectivity index (χ1n) is 7.37. The van der Waals surface area contributed by atoms with Gasteiger partial charge < -0.3 is 14.6 Å². The molecule has 0 aliphatic rings. The van der Waals surface area contributed by atoms with Gasteiger partial charge in [0.1, 0.15) is 18.1 Å². The van der Waals surface area contributed by atoms with Gasteiger partial charge in [0.2, 0.25) is 5.95 Å². The highest BCUT2D eigenvalue weighted by atomic mass is 16.5. The van der Waals surface area contributed by atoms with Gasteiger partial charge in [0, 0.05) is 18.9 Å². The van der Waals surface area contributed by atoms with Crippen molar-refractivity contribution in [1.82, 2.24) is 15.1 Å². The van der Waals surface area contributed by atoms with Crippen LogP contribution in [0.3, 0.4) is 0 Å². The molecule has 0 bridgehead atoms. The first-order valence-corrected chi connectivity index (χ1v) is 7.37. The molecule has 2 heterocycles. The molecule has 0 spiro atoms. The molecule has 23 heavy (non-hydrogen) atoms. The zero-order chi connectivity index (χ0) is 16.1. The summed E-state index contributed by atoms with van der Waals surface area (Å²) < 4.78 is 10.9. The number of anilines is 1. The molecule has 0 saturated heterocycles. The van der Waals surface area contributed by atoms with E-state index in [-0.39, 0.29) is 0 Å².